The SMILES string of the molecule is CCC(C)NC(=O)c1cnc(NCc2ccco2)nc1. The lowest BCUT2D eigenvalue weighted by atomic mass is 10.2. The van der Waals surface area contributed by atoms with Gasteiger partial charge in [-0.15, -0.1) is 0 Å². The molecule has 0 fully saturated rings. The summed E-state index contributed by atoms with van der Waals surface area (Å²) in [5, 5.41) is 5.88. The third-order valence-electron chi connectivity index (χ3n) is 2.90. The van der Waals surface area contributed by atoms with E-state index >= 15 is 0 Å². The van der Waals surface area contributed by atoms with Crippen LogP contribution in [0.4, 0.5) is 5.95 Å². The number of amides is 1. The van der Waals surface area contributed by atoms with Crippen LogP contribution in [0.5, 0.6) is 0 Å². The first kappa shape index (κ1) is 14.0. The summed E-state index contributed by atoms with van der Waals surface area (Å²) in [6.07, 6.45) is 5.51. The Morgan fingerprint density at radius 2 is 2.15 bits per heavy atom. The van der Waals surface area contributed by atoms with Crippen molar-refractivity contribution in [2.75, 3.05) is 5.32 Å². The van der Waals surface area contributed by atoms with Crippen LogP contribution in [0.1, 0.15) is 36.4 Å². The van der Waals surface area contributed by atoms with E-state index in [0.29, 0.717) is 18.1 Å². The molecule has 0 saturated carbocycles. The molecular weight excluding hydrogens is 256 g/mol. The van der Waals surface area contributed by atoms with Crippen molar-refractivity contribution >= 4 is 11.9 Å². The molecule has 106 valence electrons. The summed E-state index contributed by atoms with van der Waals surface area (Å²) in [4.78, 5) is 20.1. The van der Waals surface area contributed by atoms with Crippen LogP contribution in [0, 0.1) is 0 Å². The molecule has 6 heteroatoms. The largest absolute Gasteiger partial charge is 0.467 e. The van der Waals surface area contributed by atoms with Crippen LogP contribution in [-0.4, -0.2) is 21.9 Å². The van der Waals surface area contributed by atoms with Gasteiger partial charge in [0.15, 0.2) is 0 Å². The highest BCUT2D eigenvalue weighted by molar-refractivity contribution is 5.93. The van der Waals surface area contributed by atoms with Gasteiger partial charge in [-0.3, -0.25) is 4.79 Å². The van der Waals surface area contributed by atoms with Crippen molar-refractivity contribution in [3.05, 3.63) is 42.1 Å². The molecule has 2 aromatic rings. The van der Waals surface area contributed by atoms with Gasteiger partial charge in [0.25, 0.3) is 5.91 Å². The van der Waals surface area contributed by atoms with Gasteiger partial charge in [0.1, 0.15) is 5.76 Å². The number of hydrogen-bond acceptors (Lipinski definition) is 5. The highest BCUT2D eigenvalue weighted by atomic mass is 16.3. The number of carbonyl (C=O) groups is 1. The van der Waals surface area contributed by atoms with Gasteiger partial charge in [-0.05, 0) is 25.5 Å². The van der Waals surface area contributed by atoms with Crippen molar-refractivity contribution in [1.29, 1.82) is 0 Å². The zero-order valence-electron chi connectivity index (χ0n) is 11.6. The number of nitrogens with one attached hydrogen (secondary N) is 2. The summed E-state index contributed by atoms with van der Waals surface area (Å²) in [7, 11) is 0. The van der Waals surface area contributed by atoms with E-state index < -0.39 is 0 Å². The first-order valence-electron chi connectivity index (χ1n) is 6.58. The van der Waals surface area contributed by atoms with Gasteiger partial charge in [0, 0.05) is 18.4 Å². The molecule has 2 heterocycles. The van der Waals surface area contributed by atoms with Crippen molar-refractivity contribution in [1.82, 2.24) is 15.3 Å². The topological polar surface area (TPSA) is 80.0 Å². The van der Waals surface area contributed by atoms with Crippen molar-refractivity contribution in [2.45, 2.75) is 32.9 Å². The molecule has 0 spiro atoms. The number of aromatic nitrogens is 2. The molecule has 1 atom stereocenters. The Balaban J connectivity index is 1.90. The van der Waals surface area contributed by atoms with E-state index in [2.05, 4.69) is 20.6 Å². The van der Waals surface area contributed by atoms with Gasteiger partial charge in [-0.25, -0.2) is 9.97 Å². The first-order valence-corrected chi connectivity index (χ1v) is 6.58. The average Bonchev–Trinajstić information content (AvgIpc) is 2.98. The molecular formula is C14H18N4O2. The van der Waals surface area contributed by atoms with Crippen LogP contribution in [0.3, 0.4) is 0 Å². The Hall–Kier alpha value is -2.37. The van der Waals surface area contributed by atoms with Crippen molar-refractivity contribution in [2.24, 2.45) is 0 Å². The predicted molar refractivity (Wildman–Crippen MR) is 75.3 cm³/mol. The smallest absolute Gasteiger partial charge is 0.254 e. The average molecular weight is 274 g/mol. The van der Waals surface area contributed by atoms with Crippen LogP contribution in [0.2, 0.25) is 0 Å². The van der Waals surface area contributed by atoms with Gasteiger partial charge >= 0.3 is 0 Å². The number of rotatable bonds is 6. The maximum Gasteiger partial charge on any atom is 0.254 e. The minimum absolute atomic E-state index is 0.138. The third-order valence-corrected chi connectivity index (χ3v) is 2.90. The van der Waals surface area contributed by atoms with E-state index in [0.717, 1.165) is 12.2 Å². The molecule has 1 unspecified atom stereocenters. The lowest BCUT2D eigenvalue weighted by molar-refractivity contribution is 0.0938. The molecule has 20 heavy (non-hydrogen) atoms. The second-order valence-corrected chi connectivity index (χ2v) is 4.51. The lowest BCUT2D eigenvalue weighted by Crippen LogP contribution is -2.32. The van der Waals surface area contributed by atoms with E-state index in [1.807, 2.05) is 26.0 Å². The summed E-state index contributed by atoms with van der Waals surface area (Å²) < 4.78 is 5.19. The van der Waals surface area contributed by atoms with Crippen LogP contribution >= 0.6 is 0 Å². The number of nitrogens with zero attached hydrogens (tertiary/aromatic N) is 2. The zero-order valence-corrected chi connectivity index (χ0v) is 11.6. The minimum Gasteiger partial charge on any atom is -0.467 e. The molecule has 0 aliphatic heterocycles. The Bertz CT molecular complexity index is 537. The van der Waals surface area contributed by atoms with E-state index in [4.69, 9.17) is 4.42 Å². The second-order valence-electron chi connectivity index (χ2n) is 4.51. The minimum atomic E-state index is -0.156. The molecule has 0 saturated heterocycles. The molecule has 6 nitrogen and oxygen atoms in total. The fourth-order valence-electron chi connectivity index (χ4n) is 1.53. The fraction of sp³-hybridized carbons (Fsp3) is 0.357. The summed E-state index contributed by atoms with van der Waals surface area (Å²) >= 11 is 0. The first-order chi connectivity index (χ1) is 9.69. The van der Waals surface area contributed by atoms with Crippen LogP contribution in [-0.2, 0) is 6.54 Å². The summed E-state index contributed by atoms with van der Waals surface area (Å²) in [5.41, 5.74) is 0.453. The Morgan fingerprint density at radius 1 is 1.40 bits per heavy atom. The van der Waals surface area contributed by atoms with Crippen LogP contribution in [0.25, 0.3) is 0 Å². The van der Waals surface area contributed by atoms with Crippen LogP contribution in [0.15, 0.2) is 35.2 Å². The molecule has 2 N–H and O–H groups in total. The van der Waals surface area contributed by atoms with Crippen molar-refractivity contribution in [3.63, 3.8) is 0 Å². The molecule has 0 aromatic carbocycles. The van der Waals surface area contributed by atoms with E-state index in [9.17, 15) is 4.79 Å². The standard InChI is InChI=1S/C14H18N4O2/c1-3-10(2)18-13(19)11-7-15-14(16-8-11)17-9-12-5-4-6-20-12/h4-8,10H,3,9H2,1-2H3,(H,18,19)(H,15,16,17). The quantitative estimate of drug-likeness (QED) is 0.844. The van der Waals surface area contributed by atoms with Crippen LogP contribution < -0.4 is 10.6 Å². The summed E-state index contributed by atoms with van der Waals surface area (Å²) in [5.74, 6) is 1.10. The molecule has 0 bridgehead atoms. The van der Waals surface area contributed by atoms with Crippen molar-refractivity contribution < 1.29 is 9.21 Å². The maximum atomic E-state index is 11.8. The zero-order chi connectivity index (χ0) is 14.4. The van der Waals surface area contributed by atoms with Gasteiger partial charge in [-0.1, -0.05) is 6.92 Å². The monoisotopic (exact) mass is 274 g/mol. The van der Waals surface area contributed by atoms with Gasteiger partial charge < -0.3 is 15.1 Å². The predicted octanol–water partition coefficient (Wildman–Crippen LogP) is 2.21. The van der Waals surface area contributed by atoms with Gasteiger partial charge in [0.05, 0.1) is 18.4 Å². The summed E-state index contributed by atoms with van der Waals surface area (Å²) in [6.45, 7) is 4.48. The lowest BCUT2D eigenvalue weighted by Gasteiger charge is -2.11. The molecule has 0 radical (unpaired) electrons. The molecule has 0 aliphatic rings. The molecule has 2 rings (SSSR count). The number of anilines is 1. The number of furan rings is 1. The Kier molecular flexibility index (Phi) is 4.70. The second kappa shape index (κ2) is 6.70. The van der Waals surface area contributed by atoms with E-state index in [1.54, 1.807) is 6.26 Å². The highest BCUT2D eigenvalue weighted by Crippen LogP contribution is 2.05. The normalized spacial score (nSPS) is 11.9. The van der Waals surface area contributed by atoms with Crippen molar-refractivity contribution in [3.8, 4) is 0 Å². The van der Waals surface area contributed by atoms with Gasteiger partial charge in [-0.2, -0.15) is 0 Å². The maximum absolute atomic E-state index is 11.8. The molecule has 0 aliphatic carbocycles. The fourth-order valence-corrected chi connectivity index (χ4v) is 1.53. The van der Waals surface area contributed by atoms with Gasteiger partial charge in [0.2, 0.25) is 5.95 Å². The Labute approximate surface area is 117 Å². The highest BCUT2D eigenvalue weighted by Gasteiger charge is 2.09. The van der Waals surface area contributed by atoms with E-state index in [-0.39, 0.29) is 11.9 Å². The number of carbonyl (C=O) groups excluding carboxylic acids is 1. The molecule has 1 amide bonds. The molecule has 2 aromatic heterocycles. The van der Waals surface area contributed by atoms with E-state index in [1.165, 1.54) is 12.4 Å². The Morgan fingerprint density at radius 3 is 2.75 bits per heavy atom. The third kappa shape index (κ3) is 3.81. The number of hydrogen-bond donors (Lipinski definition) is 2. The summed E-state index contributed by atoms with van der Waals surface area (Å²) in [6, 6.07) is 3.82.